The zero-order valence-electron chi connectivity index (χ0n) is 9.51. The minimum Gasteiger partial charge on any atom is -0.488 e. The molecule has 1 aliphatic carbocycles. The van der Waals surface area contributed by atoms with Crippen LogP contribution in [-0.4, -0.2) is 12.1 Å². The van der Waals surface area contributed by atoms with Crippen molar-refractivity contribution in [1.82, 2.24) is 0 Å². The van der Waals surface area contributed by atoms with E-state index >= 15 is 0 Å². The van der Waals surface area contributed by atoms with Crippen LogP contribution < -0.4 is 10.5 Å². The maximum Gasteiger partial charge on any atom is 0.416 e. The standard InChI is InChI=1S/C12H13BrF3NO/c13-8-6-7(12(14,15)16)4-5-10(8)18-11-3-1-2-9(11)17/h4-6,9,11H,1-3,17H2. The molecule has 0 amide bonds. The first-order valence-corrected chi connectivity index (χ1v) is 6.46. The third-order valence-corrected chi connectivity index (χ3v) is 3.66. The molecule has 1 saturated carbocycles. The number of alkyl halides is 3. The van der Waals surface area contributed by atoms with Crippen LogP contribution in [0.3, 0.4) is 0 Å². The van der Waals surface area contributed by atoms with Gasteiger partial charge in [-0.15, -0.1) is 0 Å². The molecule has 2 unspecified atom stereocenters. The van der Waals surface area contributed by atoms with Gasteiger partial charge < -0.3 is 10.5 Å². The Morgan fingerprint density at radius 2 is 2.00 bits per heavy atom. The number of hydrogen-bond acceptors (Lipinski definition) is 2. The summed E-state index contributed by atoms with van der Waals surface area (Å²) in [4.78, 5) is 0. The maximum atomic E-state index is 12.5. The zero-order chi connectivity index (χ0) is 13.3. The van der Waals surface area contributed by atoms with E-state index in [1.54, 1.807) is 0 Å². The van der Waals surface area contributed by atoms with Crippen molar-refractivity contribution in [2.24, 2.45) is 5.73 Å². The van der Waals surface area contributed by atoms with E-state index in [9.17, 15) is 13.2 Å². The van der Waals surface area contributed by atoms with Crippen LogP contribution in [0.1, 0.15) is 24.8 Å². The molecule has 2 N–H and O–H groups in total. The zero-order valence-corrected chi connectivity index (χ0v) is 11.1. The minimum atomic E-state index is -4.34. The third kappa shape index (κ3) is 2.98. The van der Waals surface area contributed by atoms with Crippen LogP contribution in [0.5, 0.6) is 5.75 Å². The predicted molar refractivity (Wildman–Crippen MR) is 65.4 cm³/mol. The van der Waals surface area contributed by atoms with Gasteiger partial charge in [-0.2, -0.15) is 13.2 Å². The molecule has 0 bridgehead atoms. The average Bonchev–Trinajstić information content (AvgIpc) is 2.66. The summed E-state index contributed by atoms with van der Waals surface area (Å²) >= 11 is 3.10. The van der Waals surface area contributed by atoms with Crippen molar-refractivity contribution in [2.45, 2.75) is 37.6 Å². The molecule has 6 heteroatoms. The van der Waals surface area contributed by atoms with E-state index in [1.807, 2.05) is 0 Å². The number of halogens is 4. The Morgan fingerprint density at radius 3 is 2.50 bits per heavy atom. The highest BCUT2D eigenvalue weighted by molar-refractivity contribution is 9.10. The molecular weight excluding hydrogens is 311 g/mol. The summed E-state index contributed by atoms with van der Waals surface area (Å²) in [5, 5.41) is 0. The van der Waals surface area contributed by atoms with E-state index in [1.165, 1.54) is 6.07 Å². The van der Waals surface area contributed by atoms with Gasteiger partial charge in [0.15, 0.2) is 0 Å². The molecule has 18 heavy (non-hydrogen) atoms. The lowest BCUT2D eigenvalue weighted by Gasteiger charge is -2.19. The molecule has 2 nitrogen and oxygen atoms in total. The molecule has 2 rings (SSSR count). The second-order valence-corrected chi connectivity index (χ2v) is 5.25. The van der Waals surface area contributed by atoms with Crippen LogP contribution >= 0.6 is 15.9 Å². The summed E-state index contributed by atoms with van der Waals surface area (Å²) in [6.45, 7) is 0. The maximum absolute atomic E-state index is 12.5. The van der Waals surface area contributed by atoms with Crippen LogP contribution in [0, 0.1) is 0 Å². The molecule has 1 aromatic carbocycles. The number of ether oxygens (including phenoxy) is 1. The molecule has 1 aromatic rings. The van der Waals surface area contributed by atoms with Gasteiger partial charge >= 0.3 is 6.18 Å². The number of hydrogen-bond donors (Lipinski definition) is 1. The van der Waals surface area contributed by atoms with E-state index in [-0.39, 0.29) is 12.1 Å². The first kappa shape index (κ1) is 13.7. The van der Waals surface area contributed by atoms with Gasteiger partial charge in [-0.25, -0.2) is 0 Å². The molecule has 100 valence electrons. The van der Waals surface area contributed by atoms with E-state index in [0.29, 0.717) is 10.2 Å². The highest BCUT2D eigenvalue weighted by Gasteiger charge is 2.31. The lowest BCUT2D eigenvalue weighted by Crippen LogP contribution is -2.33. The van der Waals surface area contributed by atoms with Gasteiger partial charge in [0, 0.05) is 6.04 Å². The molecule has 0 spiro atoms. The van der Waals surface area contributed by atoms with Crippen molar-refractivity contribution in [3.63, 3.8) is 0 Å². The van der Waals surface area contributed by atoms with Crippen molar-refractivity contribution >= 4 is 15.9 Å². The molecular formula is C12H13BrF3NO. The van der Waals surface area contributed by atoms with Gasteiger partial charge in [-0.3, -0.25) is 0 Å². The number of benzene rings is 1. The SMILES string of the molecule is NC1CCCC1Oc1ccc(C(F)(F)F)cc1Br. The van der Waals surface area contributed by atoms with Crippen LogP contribution in [0.4, 0.5) is 13.2 Å². The average molecular weight is 324 g/mol. The largest absolute Gasteiger partial charge is 0.488 e. The topological polar surface area (TPSA) is 35.2 Å². The second kappa shape index (κ2) is 5.09. The fourth-order valence-corrected chi connectivity index (χ4v) is 2.51. The Morgan fingerprint density at radius 1 is 1.28 bits per heavy atom. The lowest BCUT2D eigenvalue weighted by atomic mass is 10.2. The fourth-order valence-electron chi connectivity index (χ4n) is 2.04. The van der Waals surface area contributed by atoms with Gasteiger partial charge in [-0.05, 0) is 53.4 Å². The Hall–Kier alpha value is -0.750. The van der Waals surface area contributed by atoms with E-state index in [0.717, 1.165) is 31.4 Å². The molecule has 0 radical (unpaired) electrons. The lowest BCUT2D eigenvalue weighted by molar-refractivity contribution is -0.137. The van der Waals surface area contributed by atoms with Crippen LogP contribution in [-0.2, 0) is 6.18 Å². The first-order chi connectivity index (χ1) is 8.38. The minimum absolute atomic E-state index is 0.0424. The summed E-state index contributed by atoms with van der Waals surface area (Å²) in [6, 6.07) is 3.33. The Bertz CT molecular complexity index is 436. The molecule has 2 atom stereocenters. The smallest absolute Gasteiger partial charge is 0.416 e. The summed E-state index contributed by atoms with van der Waals surface area (Å²) < 4.78 is 43.4. The first-order valence-electron chi connectivity index (χ1n) is 5.67. The molecule has 0 heterocycles. The Labute approximate surface area is 111 Å². The molecule has 0 saturated heterocycles. The van der Waals surface area contributed by atoms with Crippen molar-refractivity contribution in [1.29, 1.82) is 0 Å². The number of nitrogens with two attached hydrogens (primary N) is 1. The summed E-state index contributed by atoms with van der Waals surface area (Å²) in [6.07, 6.45) is -1.73. The highest BCUT2D eigenvalue weighted by atomic mass is 79.9. The Balaban J connectivity index is 2.15. The van der Waals surface area contributed by atoms with Gasteiger partial charge in [0.2, 0.25) is 0 Å². The van der Waals surface area contributed by atoms with E-state index in [4.69, 9.17) is 10.5 Å². The molecule has 1 fully saturated rings. The van der Waals surface area contributed by atoms with Crippen LogP contribution in [0.15, 0.2) is 22.7 Å². The van der Waals surface area contributed by atoms with Gasteiger partial charge in [0.1, 0.15) is 11.9 Å². The third-order valence-electron chi connectivity index (χ3n) is 3.04. The number of rotatable bonds is 2. The summed E-state index contributed by atoms with van der Waals surface area (Å²) in [7, 11) is 0. The fraction of sp³-hybridized carbons (Fsp3) is 0.500. The summed E-state index contributed by atoms with van der Waals surface area (Å²) in [5.74, 6) is 0.408. The normalized spacial score (nSPS) is 24.3. The quantitative estimate of drug-likeness (QED) is 0.900. The van der Waals surface area contributed by atoms with Gasteiger partial charge in [0.05, 0.1) is 10.0 Å². The van der Waals surface area contributed by atoms with E-state index in [2.05, 4.69) is 15.9 Å². The highest BCUT2D eigenvalue weighted by Crippen LogP contribution is 2.36. The summed E-state index contributed by atoms with van der Waals surface area (Å²) in [5.41, 5.74) is 5.16. The van der Waals surface area contributed by atoms with Crippen molar-refractivity contribution < 1.29 is 17.9 Å². The monoisotopic (exact) mass is 323 g/mol. The predicted octanol–water partition coefficient (Wildman–Crippen LogP) is 3.73. The van der Waals surface area contributed by atoms with Crippen LogP contribution in [0.2, 0.25) is 0 Å². The van der Waals surface area contributed by atoms with Crippen molar-refractivity contribution in [2.75, 3.05) is 0 Å². The van der Waals surface area contributed by atoms with E-state index < -0.39 is 11.7 Å². The Kier molecular flexibility index (Phi) is 3.87. The van der Waals surface area contributed by atoms with Crippen molar-refractivity contribution in [3.05, 3.63) is 28.2 Å². The molecule has 0 aromatic heterocycles. The molecule has 1 aliphatic rings. The van der Waals surface area contributed by atoms with Crippen LogP contribution in [0.25, 0.3) is 0 Å². The molecule has 0 aliphatic heterocycles. The van der Waals surface area contributed by atoms with Crippen molar-refractivity contribution in [3.8, 4) is 5.75 Å². The second-order valence-electron chi connectivity index (χ2n) is 4.39. The van der Waals surface area contributed by atoms with Gasteiger partial charge in [-0.1, -0.05) is 0 Å². The van der Waals surface area contributed by atoms with Gasteiger partial charge in [0.25, 0.3) is 0 Å².